The molecule has 0 bridgehead atoms. The van der Waals surface area contributed by atoms with E-state index in [0.29, 0.717) is 31.1 Å². The average molecular weight is 332 g/mol. The molecule has 1 aromatic rings. The molecule has 0 fully saturated rings. The van der Waals surface area contributed by atoms with Crippen molar-refractivity contribution in [1.29, 1.82) is 0 Å². The molecule has 23 heavy (non-hydrogen) atoms. The van der Waals surface area contributed by atoms with E-state index in [1.807, 2.05) is 44.2 Å². The van der Waals surface area contributed by atoms with Gasteiger partial charge in [0.25, 0.3) is 0 Å². The van der Waals surface area contributed by atoms with Crippen LogP contribution in [0.25, 0.3) is 5.53 Å². The first-order valence-electron chi connectivity index (χ1n) is 7.45. The van der Waals surface area contributed by atoms with E-state index in [1.54, 1.807) is 18.9 Å². The summed E-state index contributed by atoms with van der Waals surface area (Å²) >= 11 is 1.58. The summed E-state index contributed by atoms with van der Waals surface area (Å²) in [7, 11) is 1.64. The van der Waals surface area contributed by atoms with Crippen molar-refractivity contribution >= 4 is 17.5 Å². The van der Waals surface area contributed by atoms with Gasteiger partial charge in [-0.05, 0) is 38.1 Å². The molecular formula is C17H20N2O3S. The summed E-state index contributed by atoms with van der Waals surface area (Å²) in [5.74, 6) is 2.18. The molecule has 0 unspecified atom stereocenters. The lowest BCUT2D eigenvalue weighted by atomic mass is 10.1. The molecule has 0 atom stereocenters. The second kappa shape index (κ2) is 8.46. The van der Waals surface area contributed by atoms with Gasteiger partial charge in [-0.2, -0.15) is 4.79 Å². The molecule has 5 nitrogen and oxygen atoms in total. The first-order valence-corrected chi connectivity index (χ1v) is 8.27. The molecule has 2 rings (SSSR count). The zero-order chi connectivity index (χ0) is 16.7. The minimum Gasteiger partial charge on any atom is -0.497 e. The van der Waals surface area contributed by atoms with Crippen molar-refractivity contribution in [3.63, 3.8) is 0 Å². The van der Waals surface area contributed by atoms with Crippen LogP contribution in [-0.2, 0) is 9.47 Å². The van der Waals surface area contributed by atoms with Crippen LogP contribution in [0, 0.1) is 0 Å². The van der Waals surface area contributed by atoms with Gasteiger partial charge >= 0.3 is 5.71 Å². The predicted molar refractivity (Wildman–Crippen MR) is 90.5 cm³/mol. The first-order chi connectivity index (χ1) is 11.2. The van der Waals surface area contributed by atoms with Gasteiger partial charge in [0, 0.05) is 11.0 Å². The average Bonchev–Trinajstić information content (AvgIpc) is 2.58. The Morgan fingerprint density at radius 3 is 2.39 bits per heavy atom. The molecule has 6 heteroatoms. The Hall–Kier alpha value is -2.17. The molecule has 0 spiro atoms. The molecule has 0 saturated heterocycles. The van der Waals surface area contributed by atoms with Crippen LogP contribution in [0.5, 0.6) is 5.75 Å². The Kier molecular flexibility index (Phi) is 6.32. The predicted octanol–water partition coefficient (Wildman–Crippen LogP) is 4.03. The molecule has 0 aliphatic heterocycles. The number of allylic oxidation sites excluding steroid dienone is 3. The quantitative estimate of drug-likeness (QED) is 0.558. The molecule has 0 heterocycles. The smallest absolute Gasteiger partial charge is 0.340 e. The van der Waals surface area contributed by atoms with Gasteiger partial charge in [0.1, 0.15) is 17.9 Å². The van der Waals surface area contributed by atoms with Gasteiger partial charge in [-0.25, -0.2) is 0 Å². The number of ether oxygens (including phenoxy) is 3. The fraction of sp³-hybridized carbons (Fsp3) is 0.353. The number of benzene rings is 1. The van der Waals surface area contributed by atoms with E-state index in [9.17, 15) is 5.53 Å². The number of thioether (sulfide) groups is 1. The largest absolute Gasteiger partial charge is 0.497 e. The van der Waals surface area contributed by atoms with Crippen molar-refractivity contribution in [3.8, 4) is 5.75 Å². The van der Waals surface area contributed by atoms with Crippen molar-refractivity contribution in [1.82, 2.24) is 0 Å². The van der Waals surface area contributed by atoms with Crippen LogP contribution in [0.3, 0.4) is 0 Å². The second-order valence-corrected chi connectivity index (χ2v) is 5.78. The Labute approximate surface area is 140 Å². The fourth-order valence-corrected chi connectivity index (χ4v) is 3.06. The highest BCUT2D eigenvalue weighted by atomic mass is 32.2. The summed E-state index contributed by atoms with van der Waals surface area (Å²) in [6, 6.07) is 7.81. The zero-order valence-electron chi connectivity index (χ0n) is 13.5. The normalized spacial score (nSPS) is 14.2. The molecule has 1 aliphatic rings. The monoisotopic (exact) mass is 332 g/mol. The lowest BCUT2D eigenvalue weighted by Crippen LogP contribution is -2.15. The number of rotatable bonds is 7. The third-order valence-corrected chi connectivity index (χ3v) is 4.25. The standard InChI is InChI=1S/C17H20N2O3S/c1-4-21-15-11-17(16(22-5-2)10-14(15)19-18)23-13-8-6-12(20-3)7-9-13/h6-9,11H,4-5,10H2,1-3H3. The van der Waals surface area contributed by atoms with E-state index in [1.165, 1.54) is 0 Å². The van der Waals surface area contributed by atoms with Gasteiger partial charge in [0.15, 0.2) is 0 Å². The maximum absolute atomic E-state index is 9.18. The summed E-state index contributed by atoms with van der Waals surface area (Å²) in [5.41, 5.74) is 9.66. The lowest BCUT2D eigenvalue weighted by Gasteiger charge is -2.17. The highest BCUT2D eigenvalue weighted by Gasteiger charge is 2.28. The van der Waals surface area contributed by atoms with E-state index in [2.05, 4.69) is 4.79 Å². The lowest BCUT2D eigenvalue weighted by molar-refractivity contribution is -0.0134. The van der Waals surface area contributed by atoms with E-state index in [4.69, 9.17) is 14.2 Å². The summed E-state index contributed by atoms with van der Waals surface area (Å²) in [6.07, 6.45) is 2.27. The first kappa shape index (κ1) is 17.2. The van der Waals surface area contributed by atoms with Crippen LogP contribution in [0.1, 0.15) is 20.3 Å². The van der Waals surface area contributed by atoms with Crippen LogP contribution in [0.4, 0.5) is 0 Å². The summed E-state index contributed by atoms with van der Waals surface area (Å²) in [5, 5.41) is 0. The van der Waals surface area contributed by atoms with Gasteiger partial charge < -0.3 is 19.7 Å². The Morgan fingerprint density at radius 1 is 1.13 bits per heavy atom. The summed E-state index contributed by atoms with van der Waals surface area (Å²) < 4.78 is 16.5. The van der Waals surface area contributed by atoms with E-state index < -0.39 is 0 Å². The highest BCUT2D eigenvalue weighted by molar-refractivity contribution is 8.03. The van der Waals surface area contributed by atoms with Crippen LogP contribution in [-0.4, -0.2) is 30.8 Å². The zero-order valence-corrected chi connectivity index (χ0v) is 14.4. The van der Waals surface area contributed by atoms with Gasteiger partial charge in [-0.3, -0.25) is 0 Å². The molecule has 0 aromatic heterocycles. The van der Waals surface area contributed by atoms with Crippen LogP contribution in [0.15, 0.2) is 51.7 Å². The van der Waals surface area contributed by atoms with E-state index >= 15 is 0 Å². The molecule has 0 saturated carbocycles. The maximum Gasteiger partial charge on any atom is 0.340 e. The fourth-order valence-electron chi connectivity index (χ4n) is 2.13. The Balaban J connectivity index is 2.31. The van der Waals surface area contributed by atoms with Crippen molar-refractivity contribution in [3.05, 3.63) is 52.3 Å². The number of methoxy groups -OCH3 is 1. The minimum absolute atomic E-state index is 0.411. The molecule has 1 aromatic carbocycles. The molecule has 1 aliphatic carbocycles. The van der Waals surface area contributed by atoms with Crippen molar-refractivity contribution in [2.75, 3.05) is 20.3 Å². The number of hydrogen-bond donors (Lipinski definition) is 0. The van der Waals surface area contributed by atoms with E-state index in [-0.39, 0.29) is 0 Å². The van der Waals surface area contributed by atoms with Crippen molar-refractivity contribution in [2.24, 2.45) is 0 Å². The van der Waals surface area contributed by atoms with Crippen LogP contribution in [0.2, 0.25) is 0 Å². The molecule has 122 valence electrons. The summed E-state index contributed by atoms with van der Waals surface area (Å²) in [4.78, 5) is 5.34. The van der Waals surface area contributed by atoms with Gasteiger partial charge in [-0.1, -0.05) is 11.8 Å². The second-order valence-electron chi connectivity index (χ2n) is 4.66. The van der Waals surface area contributed by atoms with Gasteiger partial charge in [0.05, 0.1) is 25.2 Å². The summed E-state index contributed by atoms with van der Waals surface area (Å²) in [6.45, 7) is 4.89. The molecule has 0 amide bonds. The van der Waals surface area contributed by atoms with Crippen LogP contribution < -0.4 is 4.74 Å². The topological polar surface area (TPSA) is 64.1 Å². The maximum atomic E-state index is 9.18. The minimum atomic E-state index is 0.411. The highest BCUT2D eigenvalue weighted by Crippen LogP contribution is 2.36. The molecule has 0 radical (unpaired) electrons. The van der Waals surface area contributed by atoms with E-state index in [0.717, 1.165) is 21.3 Å². The SMILES string of the molecule is CCOC1=CC(Sc2ccc(OC)cc2)=C(OCC)CC1=[N+]=[N-]. The van der Waals surface area contributed by atoms with Crippen molar-refractivity contribution < 1.29 is 19.0 Å². The molecular weight excluding hydrogens is 312 g/mol. The molecule has 0 N–H and O–H groups in total. The third-order valence-electron chi connectivity index (χ3n) is 3.18. The third kappa shape index (κ3) is 4.41. The van der Waals surface area contributed by atoms with Crippen molar-refractivity contribution in [2.45, 2.75) is 25.2 Å². The van der Waals surface area contributed by atoms with Crippen LogP contribution >= 0.6 is 11.8 Å². The van der Waals surface area contributed by atoms with Gasteiger partial charge in [0.2, 0.25) is 5.76 Å². The Morgan fingerprint density at radius 2 is 1.83 bits per heavy atom. The number of nitrogens with zero attached hydrogens (tertiary/aromatic N) is 2. The van der Waals surface area contributed by atoms with Gasteiger partial charge in [-0.15, -0.1) is 0 Å². The Bertz CT molecular complexity index is 659. The number of hydrogen-bond acceptors (Lipinski definition) is 4.